The molecule has 1 N–H and O–H groups in total. The van der Waals surface area contributed by atoms with Gasteiger partial charge in [0, 0.05) is 13.1 Å². The topological polar surface area (TPSA) is 70.8 Å². The van der Waals surface area contributed by atoms with E-state index < -0.39 is 11.4 Å². The first-order valence-electron chi connectivity index (χ1n) is 6.57. The number of likely N-dealkylation sites (tertiary alicyclic amines) is 1. The van der Waals surface area contributed by atoms with Crippen molar-refractivity contribution in [3.63, 3.8) is 0 Å². The number of hydrogen-bond donors (Lipinski definition) is 1. The molecular weight excluding hydrogens is 278 g/mol. The predicted octanol–water partition coefficient (Wildman–Crippen LogP) is 2.57. The highest BCUT2D eigenvalue weighted by atomic mass is 32.2. The summed E-state index contributed by atoms with van der Waals surface area (Å²) in [6.07, 6.45) is 2.36. The number of carboxylic acids is 1. The maximum atomic E-state index is 12.3. The third kappa shape index (κ3) is 2.44. The Labute approximate surface area is 122 Å². The second kappa shape index (κ2) is 5.52. The fraction of sp³-hybridized carbons (Fsp3) is 0.571. The molecule has 0 saturated carbocycles. The van der Waals surface area contributed by atoms with Crippen molar-refractivity contribution in [2.75, 3.05) is 19.3 Å². The van der Waals surface area contributed by atoms with Crippen molar-refractivity contribution in [1.82, 2.24) is 4.90 Å². The number of carboxylic acid groups (broad SMARTS) is 1. The van der Waals surface area contributed by atoms with Crippen LogP contribution in [0.15, 0.2) is 21.6 Å². The Morgan fingerprint density at radius 3 is 2.60 bits per heavy atom. The van der Waals surface area contributed by atoms with E-state index in [1.165, 1.54) is 11.8 Å². The van der Waals surface area contributed by atoms with Crippen LogP contribution in [0.2, 0.25) is 0 Å². The molecule has 0 bridgehead atoms. The van der Waals surface area contributed by atoms with Gasteiger partial charge in [-0.05, 0) is 30.7 Å². The maximum Gasteiger partial charge on any atom is 0.311 e. The van der Waals surface area contributed by atoms with Crippen LogP contribution < -0.4 is 0 Å². The van der Waals surface area contributed by atoms with Gasteiger partial charge in [-0.2, -0.15) is 0 Å². The van der Waals surface area contributed by atoms with Gasteiger partial charge in [0.2, 0.25) is 0 Å². The zero-order valence-corrected chi connectivity index (χ0v) is 12.7. The number of aliphatic carboxylic acids is 1. The van der Waals surface area contributed by atoms with Crippen molar-refractivity contribution in [1.29, 1.82) is 0 Å². The molecule has 20 heavy (non-hydrogen) atoms. The molecule has 2 rings (SSSR count). The molecule has 0 spiro atoms. The van der Waals surface area contributed by atoms with E-state index in [-0.39, 0.29) is 24.1 Å². The minimum absolute atomic E-state index is 0.0174. The summed E-state index contributed by atoms with van der Waals surface area (Å²) in [6, 6.07) is 3.39. The summed E-state index contributed by atoms with van der Waals surface area (Å²) in [4.78, 5) is 25.5. The van der Waals surface area contributed by atoms with E-state index in [4.69, 9.17) is 4.42 Å². The molecule has 1 unspecified atom stereocenters. The minimum atomic E-state index is -0.843. The summed E-state index contributed by atoms with van der Waals surface area (Å²) in [5, 5.41) is 10.2. The molecule has 1 aliphatic heterocycles. The van der Waals surface area contributed by atoms with Gasteiger partial charge in [-0.25, -0.2) is 0 Å². The molecule has 1 saturated heterocycles. The molecule has 1 atom stereocenters. The third-order valence-corrected chi connectivity index (χ3v) is 4.73. The average molecular weight is 297 g/mol. The van der Waals surface area contributed by atoms with E-state index >= 15 is 0 Å². The number of carbonyl (C=O) groups excluding carboxylic acids is 1. The average Bonchev–Trinajstić information content (AvgIpc) is 3.05. The number of furan rings is 1. The van der Waals surface area contributed by atoms with E-state index in [0.717, 1.165) is 0 Å². The van der Waals surface area contributed by atoms with Gasteiger partial charge >= 0.3 is 5.97 Å². The highest BCUT2D eigenvalue weighted by Gasteiger charge is 2.48. The van der Waals surface area contributed by atoms with Crippen LogP contribution in [0.3, 0.4) is 0 Å². The van der Waals surface area contributed by atoms with Crippen LogP contribution in [0.25, 0.3) is 0 Å². The second-order valence-electron chi connectivity index (χ2n) is 5.42. The van der Waals surface area contributed by atoms with Gasteiger partial charge in [0.05, 0.1) is 5.41 Å². The summed E-state index contributed by atoms with van der Waals surface area (Å²) in [5.74, 6) is -0.795. The molecule has 0 aliphatic carbocycles. The molecule has 1 amide bonds. The smallest absolute Gasteiger partial charge is 0.311 e. The van der Waals surface area contributed by atoms with Crippen LogP contribution in [0, 0.1) is 11.3 Å². The Bertz CT molecular complexity index is 525. The molecule has 1 aromatic rings. The van der Waals surface area contributed by atoms with Gasteiger partial charge in [0.15, 0.2) is 10.9 Å². The first kappa shape index (κ1) is 15.0. The van der Waals surface area contributed by atoms with Gasteiger partial charge < -0.3 is 14.4 Å². The van der Waals surface area contributed by atoms with Crippen molar-refractivity contribution in [3.8, 4) is 0 Å². The fourth-order valence-electron chi connectivity index (χ4n) is 2.60. The molecule has 2 heterocycles. The summed E-state index contributed by atoms with van der Waals surface area (Å²) in [5.41, 5.74) is -0.843. The summed E-state index contributed by atoms with van der Waals surface area (Å²) >= 11 is 1.43. The van der Waals surface area contributed by atoms with E-state index in [9.17, 15) is 14.7 Å². The number of hydrogen-bond acceptors (Lipinski definition) is 4. The zero-order valence-electron chi connectivity index (χ0n) is 11.9. The Morgan fingerprint density at radius 2 is 2.15 bits per heavy atom. The molecule has 0 aromatic carbocycles. The predicted molar refractivity (Wildman–Crippen MR) is 75.9 cm³/mol. The Hall–Kier alpha value is -1.43. The van der Waals surface area contributed by atoms with Crippen molar-refractivity contribution in [3.05, 3.63) is 17.9 Å². The van der Waals surface area contributed by atoms with Crippen LogP contribution >= 0.6 is 11.8 Å². The lowest BCUT2D eigenvalue weighted by Crippen LogP contribution is -2.40. The minimum Gasteiger partial charge on any atom is -0.481 e. The van der Waals surface area contributed by atoms with Crippen LogP contribution in [-0.2, 0) is 4.79 Å². The molecule has 0 radical (unpaired) electrons. The molecular formula is C14H19NO4S. The first-order valence-corrected chi connectivity index (χ1v) is 7.79. The molecule has 5 nitrogen and oxygen atoms in total. The maximum absolute atomic E-state index is 12.3. The molecule has 1 aliphatic rings. The van der Waals surface area contributed by atoms with Gasteiger partial charge in [-0.3, -0.25) is 9.59 Å². The summed E-state index contributed by atoms with van der Waals surface area (Å²) in [7, 11) is 0. The number of thioether (sulfide) groups is 1. The van der Waals surface area contributed by atoms with Crippen LogP contribution in [0.5, 0.6) is 0 Å². The van der Waals surface area contributed by atoms with Crippen molar-refractivity contribution < 1.29 is 19.1 Å². The summed E-state index contributed by atoms with van der Waals surface area (Å²) < 4.78 is 5.42. The number of rotatable bonds is 4. The zero-order chi connectivity index (χ0) is 14.9. The lowest BCUT2D eigenvalue weighted by molar-refractivity contribution is -0.150. The molecule has 6 heteroatoms. The number of amides is 1. The molecule has 110 valence electrons. The molecule has 1 fully saturated rings. The number of nitrogens with zero attached hydrogens (tertiary/aromatic N) is 1. The Balaban J connectivity index is 2.16. The van der Waals surface area contributed by atoms with Crippen molar-refractivity contribution in [2.45, 2.75) is 25.4 Å². The lowest BCUT2D eigenvalue weighted by Gasteiger charge is -2.28. The first-order chi connectivity index (χ1) is 9.40. The van der Waals surface area contributed by atoms with Gasteiger partial charge in [0.25, 0.3) is 5.91 Å². The lowest BCUT2D eigenvalue weighted by atomic mass is 9.76. The quantitative estimate of drug-likeness (QED) is 0.865. The number of carbonyl (C=O) groups is 2. The third-order valence-electron chi connectivity index (χ3n) is 4.11. The van der Waals surface area contributed by atoms with Crippen LogP contribution in [-0.4, -0.2) is 41.2 Å². The monoisotopic (exact) mass is 297 g/mol. The standard InChI is InChI=1S/C14H19NO4S/c1-9(2)14(13(17)18)6-7-15(8-14)12(16)10-4-5-11(19-10)20-3/h4-5,9H,6-8H2,1-3H3,(H,17,18). The van der Waals surface area contributed by atoms with E-state index in [0.29, 0.717) is 18.1 Å². The van der Waals surface area contributed by atoms with E-state index in [1.807, 2.05) is 20.1 Å². The highest BCUT2D eigenvalue weighted by molar-refractivity contribution is 7.98. The van der Waals surface area contributed by atoms with Gasteiger partial charge in [0.1, 0.15) is 0 Å². The highest BCUT2D eigenvalue weighted by Crippen LogP contribution is 2.38. The normalized spacial score (nSPS) is 22.5. The Morgan fingerprint density at radius 1 is 1.45 bits per heavy atom. The van der Waals surface area contributed by atoms with E-state index in [1.54, 1.807) is 17.0 Å². The fourth-order valence-corrected chi connectivity index (χ4v) is 2.98. The Kier molecular flexibility index (Phi) is 4.13. The van der Waals surface area contributed by atoms with Crippen LogP contribution in [0.4, 0.5) is 0 Å². The van der Waals surface area contributed by atoms with Gasteiger partial charge in [-0.15, -0.1) is 0 Å². The SMILES string of the molecule is CSc1ccc(C(=O)N2CCC(C(=O)O)(C(C)C)C2)o1. The van der Waals surface area contributed by atoms with Gasteiger partial charge in [-0.1, -0.05) is 25.6 Å². The van der Waals surface area contributed by atoms with Crippen LogP contribution in [0.1, 0.15) is 30.8 Å². The van der Waals surface area contributed by atoms with Crippen molar-refractivity contribution in [2.24, 2.45) is 11.3 Å². The van der Waals surface area contributed by atoms with Crippen molar-refractivity contribution >= 4 is 23.6 Å². The second-order valence-corrected chi connectivity index (χ2v) is 6.23. The molecule has 1 aromatic heterocycles. The summed E-state index contributed by atoms with van der Waals surface area (Å²) in [6.45, 7) is 4.48. The van der Waals surface area contributed by atoms with E-state index in [2.05, 4.69) is 0 Å². The largest absolute Gasteiger partial charge is 0.481 e.